The fourth-order valence-electron chi connectivity index (χ4n) is 5.66. The maximum Gasteiger partial charge on any atom is 0.245 e. The summed E-state index contributed by atoms with van der Waals surface area (Å²) in [6, 6.07) is 13.8. The van der Waals surface area contributed by atoms with Crippen molar-refractivity contribution >= 4 is 54.1 Å². The number of amides is 3. The quantitative estimate of drug-likeness (QED) is 0.398. The molecule has 11 heteroatoms. The summed E-state index contributed by atoms with van der Waals surface area (Å²) in [4.78, 5) is 43.9. The van der Waals surface area contributed by atoms with E-state index < -0.39 is 12.1 Å². The number of halogens is 3. The molecule has 8 nitrogen and oxygen atoms in total. The van der Waals surface area contributed by atoms with Crippen LogP contribution in [0.25, 0.3) is 0 Å². The number of carbonyl (C=O) groups is 3. The second-order valence-electron chi connectivity index (χ2n) is 11.1. The number of nitrogens with one attached hydrogen (secondary N) is 3. The van der Waals surface area contributed by atoms with Crippen molar-refractivity contribution in [3.63, 3.8) is 0 Å². The van der Waals surface area contributed by atoms with Crippen molar-refractivity contribution in [1.29, 1.82) is 0 Å². The molecule has 3 N–H and O–H groups in total. The molecule has 2 aliphatic heterocycles. The van der Waals surface area contributed by atoms with E-state index in [0.717, 1.165) is 17.7 Å². The van der Waals surface area contributed by atoms with Gasteiger partial charge in [0.05, 0.1) is 12.1 Å². The molecular weight excluding hydrogens is 585 g/mol. The van der Waals surface area contributed by atoms with Gasteiger partial charge in [0, 0.05) is 51.2 Å². The van der Waals surface area contributed by atoms with Crippen LogP contribution in [0.15, 0.2) is 48.5 Å². The Morgan fingerprint density at radius 1 is 1.05 bits per heavy atom. The molecule has 0 aromatic heterocycles. The number of likely N-dealkylation sites (N-methyl/N-ethyl adjacent to an activating group) is 2. The Hall–Kier alpha value is -2.36. The summed E-state index contributed by atoms with van der Waals surface area (Å²) in [6.45, 7) is 6.24. The van der Waals surface area contributed by atoms with Crippen LogP contribution in [0.2, 0.25) is 5.02 Å². The Kier molecular flexibility index (Phi) is 13.4. The fourth-order valence-corrected chi connectivity index (χ4v) is 5.79. The topological polar surface area (TPSA) is 93.8 Å². The second-order valence-corrected chi connectivity index (χ2v) is 11.6. The zero-order chi connectivity index (χ0) is 28.1. The molecule has 4 atom stereocenters. The van der Waals surface area contributed by atoms with Gasteiger partial charge in [-0.25, -0.2) is 0 Å². The molecule has 4 rings (SSSR count). The molecule has 2 aliphatic rings. The molecule has 226 valence electrons. The molecule has 2 aromatic rings. The average Bonchev–Trinajstić information content (AvgIpc) is 3.35. The van der Waals surface area contributed by atoms with E-state index in [1.54, 1.807) is 31.1 Å². The molecule has 1 saturated heterocycles. The number of likely N-dealkylation sites (tertiary alicyclic amines) is 1. The van der Waals surface area contributed by atoms with E-state index in [1.165, 1.54) is 5.56 Å². The van der Waals surface area contributed by atoms with Crippen molar-refractivity contribution in [3.8, 4) is 0 Å². The van der Waals surface area contributed by atoms with E-state index in [1.807, 2.05) is 30.3 Å². The van der Waals surface area contributed by atoms with E-state index in [4.69, 9.17) is 11.6 Å². The molecule has 0 aliphatic carbocycles. The first-order valence-electron chi connectivity index (χ1n) is 13.7. The Bertz CT molecular complexity index is 1180. The molecule has 2 heterocycles. The van der Waals surface area contributed by atoms with E-state index in [9.17, 15) is 14.4 Å². The largest absolute Gasteiger partial charge is 0.358 e. The second kappa shape index (κ2) is 15.8. The van der Waals surface area contributed by atoms with Crippen molar-refractivity contribution in [2.45, 2.75) is 63.8 Å². The van der Waals surface area contributed by atoms with Gasteiger partial charge in [-0.05, 0) is 47.6 Å². The third kappa shape index (κ3) is 8.82. The van der Waals surface area contributed by atoms with Crippen molar-refractivity contribution in [1.82, 2.24) is 25.8 Å². The summed E-state index contributed by atoms with van der Waals surface area (Å²) < 4.78 is 0. The molecular formula is C30H42Cl3N5O3. The van der Waals surface area contributed by atoms with Crippen LogP contribution in [0.3, 0.4) is 0 Å². The summed E-state index contributed by atoms with van der Waals surface area (Å²) in [5, 5.41) is 9.76. The Labute approximate surface area is 260 Å². The number of hydrogen-bond acceptors (Lipinski definition) is 5. The first kappa shape index (κ1) is 34.8. The fraction of sp³-hybridized carbons (Fsp3) is 0.500. The number of hydrogen-bond donors (Lipinski definition) is 3. The summed E-state index contributed by atoms with van der Waals surface area (Å²) in [5.41, 5.74) is 3.24. The van der Waals surface area contributed by atoms with Crippen LogP contribution in [-0.2, 0) is 33.8 Å². The van der Waals surface area contributed by atoms with Crippen LogP contribution in [0.5, 0.6) is 0 Å². The van der Waals surface area contributed by atoms with Crippen molar-refractivity contribution in [2.75, 3.05) is 27.2 Å². The smallest absolute Gasteiger partial charge is 0.245 e. The third-order valence-corrected chi connectivity index (χ3v) is 8.04. The summed E-state index contributed by atoms with van der Waals surface area (Å²) in [6.07, 6.45) is 1.47. The minimum atomic E-state index is -0.750. The van der Waals surface area contributed by atoms with Gasteiger partial charge in [-0.1, -0.05) is 61.8 Å². The molecule has 2 aromatic carbocycles. The lowest BCUT2D eigenvalue weighted by atomic mass is 9.95. The Morgan fingerprint density at radius 3 is 2.34 bits per heavy atom. The Balaban J connectivity index is 0.00000294. The zero-order valence-corrected chi connectivity index (χ0v) is 26.5. The molecule has 0 radical (unpaired) electrons. The summed E-state index contributed by atoms with van der Waals surface area (Å²) in [7, 11) is 3.43. The Morgan fingerprint density at radius 2 is 1.71 bits per heavy atom. The van der Waals surface area contributed by atoms with E-state index in [0.29, 0.717) is 43.3 Å². The monoisotopic (exact) mass is 625 g/mol. The predicted octanol–water partition coefficient (Wildman–Crippen LogP) is 3.23. The predicted molar refractivity (Wildman–Crippen MR) is 168 cm³/mol. The SMILES string of the molecule is CNC(=O)[C@@H]1C[C@H](N(C)C(=O)[C@@H](Cc2ccc(Cl)cc2)NC(=O)[C@H]2Cc3ccccc3CN2)CN1CC(C)C.Cl.Cl. The molecule has 1 fully saturated rings. The van der Waals surface area contributed by atoms with Gasteiger partial charge in [0.25, 0.3) is 0 Å². The van der Waals surface area contributed by atoms with Gasteiger partial charge in [-0.15, -0.1) is 24.8 Å². The number of fused-ring (bicyclic) bond motifs is 1. The lowest BCUT2D eigenvalue weighted by Gasteiger charge is -2.31. The van der Waals surface area contributed by atoms with Gasteiger partial charge in [-0.3, -0.25) is 19.3 Å². The first-order chi connectivity index (χ1) is 18.7. The van der Waals surface area contributed by atoms with Gasteiger partial charge < -0.3 is 20.9 Å². The molecule has 41 heavy (non-hydrogen) atoms. The van der Waals surface area contributed by atoms with E-state index in [-0.39, 0.29) is 54.6 Å². The minimum Gasteiger partial charge on any atom is -0.358 e. The standard InChI is InChI=1S/C30H40ClN5O3.2ClH/c1-19(2)17-36-18-24(15-27(36)29(38)32-3)35(4)30(39)26(13-20-9-11-23(31)12-10-20)34-28(37)25-14-21-7-5-6-8-22(21)16-33-25;;/h5-12,19,24-27,33H,13-18H2,1-4H3,(H,32,38)(H,34,37);2*1H/t24-,25+,26+,27-;;/m0../s1. The highest BCUT2D eigenvalue weighted by Gasteiger charge is 2.41. The highest BCUT2D eigenvalue weighted by atomic mass is 35.5. The van der Waals surface area contributed by atoms with Gasteiger partial charge in [0.15, 0.2) is 0 Å². The minimum absolute atomic E-state index is 0. The molecule has 3 amide bonds. The average molecular weight is 627 g/mol. The summed E-state index contributed by atoms with van der Waals surface area (Å²) >= 11 is 6.08. The number of rotatable bonds is 9. The van der Waals surface area contributed by atoms with Gasteiger partial charge >= 0.3 is 0 Å². The molecule has 0 unspecified atom stereocenters. The van der Waals surface area contributed by atoms with Crippen LogP contribution < -0.4 is 16.0 Å². The van der Waals surface area contributed by atoms with E-state index >= 15 is 0 Å². The van der Waals surface area contributed by atoms with Crippen molar-refractivity contribution < 1.29 is 14.4 Å². The first-order valence-corrected chi connectivity index (χ1v) is 14.1. The summed E-state index contributed by atoms with van der Waals surface area (Å²) in [5.74, 6) is -0.00137. The highest BCUT2D eigenvalue weighted by molar-refractivity contribution is 6.30. The van der Waals surface area contributed by atoms with Crippen molar-refractivity contribution in [2.24, 2.45) is 5.92 Å². The maximum absolute atomic E-state index is 13.9. The normalized spacial score (nSPS) is 20.7. The number of nitrogens with zero attached hydrogens (tertiary/aromatic N) is 2. The third-order valence-electron chi connectivity index (χ3n) is 7.79. The highest BCUT2D eigenvalue weighted by Crippen LogP contribution is 2.24. The molecule has 0 spiro atoms. The van der Waals surface area contributed by atoms with Crippen LogP contribution in [-0.4, -0.2) is 78.9 Å². The lowest BCUT2D eigenvalue weighted by molar-refractivity contribution is -0.137. The number of benzene rings is 2. The van der Waals surface area contributed by atoms with Crippen LogP contribution >= 0.6 is 36.4 Å². The van der Waals surface area contributed by atoms with Gasteiger partial charge in [-0.2, -0.15) is 0 Å². The van der Waals surface area contributed by atoms with Crippen LogP contribution in [0, 0.1) is 5.92 Å². The number of carbonyl (C=O) groups excluding carboxylic acids is 3. The maximum atomic E-state index is 13.9. The van der Waals surface area contributed by atoms with Gasteiger partial charge in [0.2, 0.25) is 17.7 Å². The zero-order valence-electron chi connectivity index (χ0n) is 24.1. The molecule has 0 bridgehead atoms. The van der Waals surface area contributed by atoms with Gasteiger partial charge in [0.1, 0.15) is 6.04 Å². The van der Waals surface area contributed by atoms with Crippen LogP contribution in [0.4, 0.5) is 0 Å². The van der Waals surface area contributed by atoms with Crippen LogP contribution in [0.1, 0.15) is 37.0 Å². The lowest BCUT2D eigenvalue weighted by Crippen LogP contribution is -2.56. The van der Waals surface area contributed by atoms with Crippen molar-refractivity contribution in [3.05, 3.63) is 70.2 Å². The molecule has 0 saturated carbocycles. The van der Waals surface area contributed by atoms with E-state index in [2.05, 4.69) is 40.8 Å².